The van der Waals surface area contributed by atoms with E-state index in [-0.39, 0.29) is 5.82 Å². The van der Waals surface area contributed by atoms with Gasteiger partial charge in [0.05, 0.1) is 11.0 Å². The van der Waals surface area contributed by atoms with Gasteiger partial charge in [-0.2, -0.15) is 0 Å². The molecular formula is C15H18ClFN2O. The Kier molecular flexibility index (Phi) is 4.22. The van der Waals surface area contributed by atoms with Crippen molar-refractivity contribution < 1.29 is 9.13 Å². The van der Waals surface area contributed by atoms with Crippen LogP contribution >= 0.6 is 11.6 Å². The fourth-order valence-corrected chi connectivity index (χ4v) is 2.99. The number of hydrogen-bond acceptors (Lipinski definition) is 2. The maximum Gasteiger partial charge on any atom is 0.125 e. The van der Waals surface area contributed by atoms with Crippen molar-refractivity contribution in [2.45, 2.75) is 25.8 Å². The van der Waals surface area contributed by atoms with Gasteiger partial charge in [0.1, 0.15) is 11.6 Å². The molecule has 3 rings (SSSR count). The molecule has 0 radical (unpaired) electrons. The van der Waals surface area contributed by atoms with Crippen LogP contribution < -0.4 is 0 Å². The van der Waals surface area contributed by atoms with Crippen LogP contribution in [0, 0.1) is 11.7 Å². The zero-order valence-corrected chi connectivity index (χ0v) is 12.1. The average Bonchev–Trinajstić information content (AvgIpc) is 2.77. The van der Waals surface area contributed by atoms with Gasteiger partial charge in [-0.25, -0.2) is 9.37 Å². The van der Waals surface area contributed by atoms with Gasteiger partial charge < -0.3 is 9.30 Å². The van der Waals surface area contributed by atoms with Crippen molar-refractivity contribution in [1.29, 1.82) is 0 Å². The molecule has 1 fully saturated rings. The summed E-state index contributed by atoms with van der Waals surface area (Å²) in [5.41, 5.74) is 1.72. The number of aryl methyl sites for hydroxylation is 1. The number of alkyl halides is 1. The van der Waals surface area contributed by atoms with Crippen LogP contribution in [0.1, 0.15) is 18.7 Å². The Balaban J connectivity index is 1.95. The molecule has 0 aliphatic carbocycles. The number of nitrogens with zero attached hydrogens (tertiary/aromatic N) is 2. The summed E-state index contributed by atoms with van der Waals surface area (Å²) in [5, 5.41) is 0. The van der Waals surface area contributed by atoms with Crippen molar-refractivity contribution in [1.82, 2.24) is 9.55 Å². The highest BCUT2D eigenvalue weighted by Crippen LogP contribution is 2.23. The highest BCUT2D eigenvalue weighted by Gasteiger charge is 2.18. The van der Waals surface area contributed by atoms with E-state index in [0.29, 0.717) is 18.2 Å². The van der Waals surface area contributed by atoms with Crippen molar-refractivity contribution in [3.63, 3.8) is 0 Å². The third-order valence-electron chi connectivity index (χ3n) is 3.89. The summed E-state index contributed by atoms with van der Waals surface area (Å²) in [6, 6.07) is 4.80. The Morgan fingerprint density at radius 2 is 2.15 bits per heavy atom. The van der Waals surface area contributed by atoms with Gasteiger partial charge in [-0.15, -0.1) is 11.6 Å². The Hall–Kier alpha value is -1.13. The summed E-state index contributed by atoms with van der Waals surface area (Å²) in [7, 11) is 0. The van der Waals surface area contributed by atoms with E-state index < -0.39 is 0 Å². The first-order chi connectivity index (χ1) is 9.78. The van der Waals surface area contributed by atoms with E-state index in [1.807, 2.05) is 6.07 Å². The molecule has 0 unspecified atom stereocenters. The van der Waals surface area contributed by atoms with Crippen LogP contribution in [-0.4, -0.2) is 28.6 Å². The van der Waals surface area contributed by atoms with Gasteiger partial charge in [0.25, 0.3) is 0 Å². The number of ether oxygens (including phenoxy) is 1. The molecule has 0 bridgehead atoms. The number of rotatable bonds is 4. The van der Waals surface area contributed by atoms with Crippen molar-refractivity contribution in [3.05, 3.63) is 29.8 Å². The number of benzene rings is 1. The van der Waals surface area contributed by atoms with Crippen LogP contribution in [0.25, 0.3) is 11.0 Å². The zero-order valence-electron chi connectivity index (χ0n) is 11.3. The minimum absolute atomic E-state index is 0.245. The molecule has 1 aliphatic heterocycles. The minimum Gasteiger partial charge on any atom is -0.381 e. The topological polar surface area (TPSA) is 27.1 Å². The van der Waals surface area contributed by atoms with Gasteiger partial charge in [0, 0.05) is 38.1 Å². The molecule has 0 spiro atoms. The smallest absolute Gasteiger partial charge is 0.125 e. The van der Waals surface area contributed by atoms with Gasteiger partial charge >= 0.3 is 0 Å². The van der Waals surface area contributed by atoms with Crippen molar-refractivity contribution in [2.75, 3.05) is 19.1 Å². The molecule has 0 N–H and O–H groups in total. The second-order valence-electron chi connectivity index (χ2n) is 5.27. The maximum absolute atomic E-state index is 13.3. The zero-order chi connectivity index (χ0) is 13.9. The lowest BCUT2D eigenvalue weighted by Gasteiger charge is -2.23. The first-order valence-electron chi connectivity index (χ1n) is 7.06. The Morgan fingerprint density at radius 1 is 1.35 bits per heavy atom. The Labute approximate surface area is 122 Å². The van der Waals surface area contributed by atoms with Gasteiger partial charge in [0.15, 0.2) is 0 Å². The number of hydrogen-bond donors (Lipinski definition) is 0. The van der Waals surface area contributed by atoms with E-state index >= 15 is 0 Å². The van der Waals surface area contributed by atoms with E-state index in [2.05, 4.69) is 9.55 Å². The monoisotopic (exact) mass is 296 g/mol. The molecule has 1 saturated heterocycles. The second kappa shape index (κ2) is 6.10. The van der Waals surface area contributed by atoms with Crippen molar-refractivity contribution in [3.8, 4) is 0 Å². The van der Waals surface area contributed by atoms with Gasteiger partial charge in [-0.05, 0) is 30.9 Å². The quantitative estimate of drug-likeness (QED) is 0.809. The fourth-order valence-electron chi connectivity index (χ4n) is 2.82. The number of fused-ring (bicyclic) bond motifs is 1. The molecule has 0 atom stereocenters. The molecule has 1 aliphatic rings. The van der Waals surface area contributed by atoms with Gasteiger partial charge in [0.2, 0.25) is 0 Å². The predicted octanol–water partition coefficient (Wildman–Crippen LogP) is 3.38. The highest BCUT2D eigenvalue weighted by molar-refractivity contribution is 6.17. The molecule has 0 amide bonds. The van der Waals surface area contributed by atoms with Crippen molar-refractivity contribution in [2.24, 2.45) is 5.92 Å². The molecule has 0 saturated carbocycles. The standard InChI is InChI=1S/C15H18ClFN2O/c16-6-3-15-18-13-9-12(17)1-2-14(13)19(15)10-11-4-7-20-8-5-11/h1-2,9,11H,3-8,10H2. The van der Waals surface area contributed by atoms with Crippen LogP contribution in [0.2, 0.25) is 0 Å². The fraction of sp³-hybridized carbons (Fsp3) is 0.533. The normalized spacial score (nSPS) is 16.9. The summed E-state index contributed by atoms with van der Waals surface area (Å²) in [4.78, 5) is 4.54. The molecule has 20 heavy (non-hydrogen) atoms. The Bertz CT molecular complexity index is 593. The minimum atomic E-state index is -0.245. The summed E-state index contributed by atoms with van der Waals surface area (Å²) < 4.78 is 20.9. The summed E-state index contributed by atoms with van der Waals surface area (Å²) >= 11 is 5.86. The lowest BCUT2D eigenvalue weighted by molar-refractivity contribution is 0.0613. The van der Waals surface area contributed by atoms with Gasteiger partial charge in [-0.1, -0.05) is 0 Å². The molecule has 108 valence electrons. The second-order valence-corrected chi connectivity index (χ2v) is 5.64. The van der Waals surface area contributed by atoms with Crippen LogP contribution in [0.15, 0.2) is 18.2 Å². The van der Waals surface area contributed by atoms with Crippen molar-refractivity contribution >= 4 is 22.6 Å². The van der Waals surface area contributed by atoms with Crippen LogP contribution in [-0.2, 0) is 17.7 Å². The number of aromatic nitrogens is 2. The third-order valence-corrected chi connectivity index (χ3v) is 4.08. The molecule has 2 aromatic rings. The SMILES string of the molecule is Fc1ccc2c(c1)nc(CCCl)n2CC1CCOCC1. The van der Waals surface area contributed by atoms with Crippen LogP contribution in [0.5, 0.6) is 0 Å². The average molecular weight is 297 g/mol. The molecule has 5 heteroatoms. The highest BCUT2D eigenvalue weighted by atomic mass is 35.5. The van der Waals surface area contributed by atoms with Crippen LogP contribution in [0.4, 0.5) is 4.39 Å². The third kappa shape index (κ3) is 2.81. The largest absolute Gasteiger partial charge is 0.381 e. The number of imidazole rings is 1. The maximum atomic E-state index is 13.3. The van der Waals surface area contributed by atoms with E-state index in [1.54, 1.807) is 0 Å². The van der Waals surface area contributed by atoms with Gasteiger partial charge in [-0.3, -0.25) is 0 Å². The number of halogens is 2. The summed E-state index contributed by atoms with van der Waals surface area (Å²) in [6.45, 7) is 2.57. The Morgan fingerprint density at radius 3 is 2.90 bits per heavy atom. The molecule has 1 aromatic carbocycles. The molecule has 2 heterocycles. The summed E-state index contributed by atoms with van der Waals surface area (Å²) in [6.07, 6.45) is 2.85. The first kappa shape index (κ1) is 13.8. The molecular weight excluding hydrogens is 279 g/mol. The predicted molar refractivity (Wildman–Crippen MR) is 77.7 cm³/mol. The lowest BCUT2D eigenvalue weighted by atomic mass is 10.0. The summed E-state index contributed by atoms with van der Waals surface area (Å²) in [5.74, 6) is 1.83. The lowest BCUT2D eigenvalue weighted by Crippen LogP contribution is -2.21. The first-order valence-corrected chi connectivity index (χ1v) is 7.60. The molecule has 1 aromatic heterocycles. The van der Waals surface area contributed by atoms with E-state index in [1.165, 1.54) is 12.1 Å². The van der Waals surface area contributed by atoms with E-state index in [9.17, 15) is 4.39 Å². The molecule has 3 nitrogen and oxygen atoms in total. The van der Waals surface area contributed by atoms with Crippen LogP contribution in [0.3, 0.4) is 0 Å². The van der Waals surface area contributed by atoms with E-state index in [4.69, 9.17) is 16.3 Å². The van der Waals surface area contributed by atoms with E-state index in [0.717, 1.165) is 49.5 Å².